The summed E-state index contributed by atoms with van der Waals surface area (Å²) < 4.78 is 0. The molecule has 242 valence electrons. The first-order valence-electron chi connectivity index (χ1n) is 17.3. The van der Waals surface area contributed by atoms with Crippen molar-refractivity contribution in [3.8, 4) is 0 Å². The van der Waals surface area contributed by atoms with Gasteiger partial charge in [-0.15, -0.1) is 0 Å². The van der Waals surface area contributed by atoms with Gasteiger partial charge in [-0.25, -0.2) is 0 Å². The molecule has 0 spiro atoms. The highest BCUT2D eigenvalue weighted by molar-refractivity contribution is 5.90. The Morgan fingerprint density at radius 2 is 1.66 bits per heavy atom. The van der Waals surface area contributed by atoms with Gasteiger partial charge in [0.2, 0.25) is 0 Å². The minimum Gasteiger partial charge on any atom is -0.481 e. The number of benzene rings is 1. The van der Waals surface area contributed by atoms with Crippen LogP contribution in [-0.2, 0) is 16.2 Å². The number of carbonyl (C=O) groups is 1. The number of fused-ring (bicyclic) bond motifs is 7. The van der Waals surface area contributed by atoms with Crippen LogP contribution < -0.4 is 0 Å². The lowest BCUT2D eigenvalue weighted by atomic mass is 9.32. The van der Waals surface area contributed by atoms with Crippen molar-refractivity contribution >= 4 is 17.4 Å². The molecule has 7 nitrogen and oxygen atoms in total. The molecule has 6 rings (SSSR count). The van der Waals surface area contributed by atoms with Gasteiger partial charge in [0, 0.05) is 17.5 Å². The minimum atomic E-state index is -0.521. The van der Waals surface area contributed by atoms with Gasteiger partial charge >= 0.3 is 5.97 Å². The van der Waals surface area contributed by atoms with Crippen LogP contribution in [0.25, 0.3) is 0 Å². The van der Waals surface area contributed by atoms with Gasteiger partial charge in [0.15, 0.2) is 0 Å². The highest BCUT2D eigenvalue weighted by Crippen LogP contribution is 2.77. The van der Waals surface area contributed by atoms with E-state index in [0.717, 1.165) is 49.8 Å². The molecule has 5 fully saturated rings. The first-order chi connectivity index (χ1) is 20.6. The van der Waals surface area contributed by atoms with Crippen LogP contribution in [0.4, 0.5) is 5.69 Å². The molecule has 0 heterocycles. The number of hydrogen-bond acceptors (Lipinski definition) is 5. The molecule has 44 heavy (non-hydrogen) atoms. The molecule has 5 saturated carbocycles. The molecule has 0 aliphatic heterocycles. The van der Waals surface area contributed by atoms with E-state index in [1.807, 2.05) is 0 Å². The van der Waals surface area contributed by atoms with Crippen molar-refractivity contribution in [1.29, 1.82) is 0 Å². The number of carboxylic acids is 1. The van der Waals surface area contributed by atoms with E-state index < -0.39 is 11.4 Å². The molecular weight excluding hydrogens is 552 g/mol. The van der Waals surface area contributed by atoms with Gasteiger partial charge in [0.25, 0.3) is 5.69 Å². The number of nitrogens with zero attached hydrogens (tertiary/aromatic N) is 2. The number of nitro groups is 1. The van der Waals surface area contributed by atoms with Crippen LogP contribution in [0.5, 0.6) is 0 Å². The molecular formula is C37H54N2O5. The molecule has 1 N–H and O–H groups in total. The smallest absolute Gasteiger partial charge is 0.309 e. The van der Waals surface area contributed by atoms with Gasteiger partial charge < -0.3 is 9.94 Å². The van der Waals surface area contributed by atoms with Crippen LogP contribution in [0.3, 0.4) is 0 Å². The molecule has 1 aromatic carbocycles. The third kappa shape index (κ3) is 4.33. The van der Waals surface area contributed by atoms with Crippen LogP contribution in [0.1, 0.15) is 118 Å². The van der Waals surface area contributed by atoms with Crippen LogP contribution in [0.2, 0.25) is 0 Å². The second-order valence-electron chi connectivity index (χ2n) is 17.1. The van der Waals surface area contributed by atoms with Gasteiger partial charge in [-0.3, -0.25) is 14.9 Å². The van der Waals surface area contributed by atoms with Gasteiger partial charge in [-0.05, 0) is 134 Å². The van der Waals surface area contributed by atoms with E-state index in [1.54, 1.807) is 12.1 Å². The van der Waals surface area contributed by atoms with Crippen LogP contribution in [-0.4, -0.2) is 21.7 Å². The molecule has 5 aliphatic carbocycles. The van der Waals surface area contributed by atoms with Crippen LogP contribution in [0.15, 0.2) is 29.4 Å². The Labute approximate surface area is 263 Å². The van der Waals surface area contributed by atoms with Gasteiger partial charge in [0.05, 0.1) is 16.0 Å². The number of oxime groups is 1. The number of hydrogen-bond donors (Lipinski definition) is 1. The Morgan fingerprint density at radius 1 is 0.955 bits per heavy atom. The highest BCUT2D eigenvalue weighted by Gasteiger charge is 2.72. The molecule has 5 aliphatic rings. The summed E-state index contributed by atoms with van der Waals surface area (Å²) in [6.45, 7) is 17.5. The Bertz CT molecular complexity index is 1340. The summed E-state index contributed by atoms with van der Waals surface area (Å²) in [5.41, 5.74) is 2.06. The van der Waals surface area contributed by atoms with Crippen LogP contribution in [0, 0.1) is 72.7 Å². The number of aliphatic carboxylic acids is 1. The summed E-state index contributed by atoms with van der Waals surface area (Å²) in [5, 5.41) is 26.4. The van der Waals surface area contributed by atoms with E-state index in [4.69, 9.17) is 9.99 Å². The van der Waals surface area contributed by atoms with Crippen molar-refractivity contribution in [1.82, 2.24) is 0 Å². The van der Waals surface area contributed by atoms with Crippen molar-refractivity contribution in [3.05, 3.63) is 39.9 Å². The maximum atomic E-state index is 13.0. The molecule has 1 aromatic rings. The zero-order valence-electron chi connectivity index (χ0n) is 28.0. The topological polar surface area (TPSA) is 102 Å². The second kappa shape index (κ2) is 10.6. The Morgan fingerprint density at radius 3 is 2.30 bits per heavy atom. The van der Waals surface area contributed by atoms with E-state index in [0.29, 0.717) is 42.1 Å². The lowest BCUT2D eigenvalue weighted by Gasteiger charge is -2.72. The third-order valence-electron chi connectivity index (χ3n) is 15.1. The molecule has 0 radical (unpaired) electrons. The average Bonchev–Trinajstić information content (AvgIpc) is 3.36. The quantitative estimate of drug-likeness (QED) is 0.257. The molecule has 3 unspecified atom stereocenters. The maximum absolute atomic E-state index is 13.0. The number of rotatable bonds is 6. The van der Waals surface area contributed by atoms with E-state index in [-0.39, 0.29) is 32.3 Å². The van der Waals surface area contributed by atoms with Crippen molar-refractivity contribution in [2.75, 3.05) is 0 Å². The van der Waals surface area contributed by atoms with E-state index in [1.165, 1.54) is 37.8 Å². The number of nitro benzene ring substituents is 1. The lowest BCUT2D eigenvalue weighted by molar-refractivity contribution is -0.384. The van der Waals surface area contributed by atoms with E-state index in [9.17, 15) is 20.0 Å². The van der Waals surface area contributed by atoms with Crippen molar-refractivity contribution in [2.45, 2.75) is 119 Å². The maximum Gasteiger partial charge on any atom is 0.309 e. The molecule has 0 saturated heterocycles. The van der Waals surface area contributed by atoms with Crippen molar-refractivity contribution in [3.63, 3.8) is 0 Å². The monoisotopic (exact) mass is 606 g/mol. The van der Waals surface area contributed by atoms with Crippen molar-refractivity contribution < 1.29 is 19.7 Å². The Kier molecular flexibility index (Phi) is 7.56. The first kappa shape index (κ1) is 31.5. The van der Waals surface area contributed by atoms with E-state index >= 15 is 0 Å². The van der Waals surface area contributed by atoms with E-state index in [2.05, 4.69) is 48.5 Å². The molecule has 0 bridgehead atoms. The Balaban J connectivity index is 1.24. The predicted molar refractivity (Wildman–Crippen MR) is 172 cm³/mol. The Hall–Kier alpha value is -2.44. The molecule has 0 aromatic heterocycles. The van der Waals surface area contributed by atoms with Gasteiger partial charge in [-0.1, -0.05) is 53.6 Å². The standard InChI is InChI=1S/C37H54N2O5/c1-23(2)26-14-19-37(32(40)41)21-20-35(6)27(31(26)37)12-13-29-34(5)17-16-30(33(3,4)28(34)15-18-36(29,35)7)38-44-22-24-8-10-25(11-9-24)39(42)43/h8-11,23,26-29,31H,12-22H2,1-7H3,(H,40,41)/b38-30+/t26-,27+,28-,29?,31?,34-,35+,36+,37?/m0/s1. The normalized spacial score (nSPS) is 43.5. The van der Waals surface area contributed by atoms with Gasteiger partial charge in [0.1, 0.15) is 6.61 Å². The molecule has 7 heteroatoms. The fourth-order valence-electron chi connectivity index (χ4n) is 12.6. The van der Waals surface area contributed by atoms with Crippen molar-refractivity contribution in [2.24, 2.45) is 67.7 Å². The summed E-state index contributed by atoms with van der Waals surface area (Å²) in [6.07, 6.45) is 10.6. The fourth-order valence-corrected chi connectivity index (χ4v) is 12.6. The first-order valence-corrected chi connectivity index (χ1v) is 17.3. The number of carboxylic acid groups (broad SMARTS) is 1. The summed E-state index contributed by atoms with van der Waals surface area (Å²) in [5.74, 6) is 2.45. The molecule has 9 atom stereocenters. The predicted octanol–water partition coefficient (Wildman–Crippen LogP) is 9.29. The minimum absolute atomic E-state index is 0.0809. The SMILES string of the molecule is CC(C)[C@@H]1CCC2(C(=O)O)CC[C@]3(C)[C@H](CCC4[C@@]5(C)CC/C(=N\OCc6ccc([N+](=O)[O-])cc6)C(C)(C)[C@@H]5CC[C@]43C)C12. The summed E-state index contributed by atoms with van der Waals surface area (Å²) in [4.78, 5) is 29.4. The highest BCUT2D eigenvalue weighted by atomic mass is 16.6. The zero-order chi connectivity index (χ0) is 31.9. The largest absolute Gasteiger partial charge is 0.481 e. The zero-order valence-corrected chi connectivity index (χ0v) is 28.0. The second-order valence-corrected chi connectivity index (χ2v) is 17.1. The van der Waals surface area contributed by atoms with Gasteiger partial charge in [-0.2, -0.15) is 0 Å². The lowest BCUT2D eigenvalue weighted by Crippen LogP contribution is -2.66. The fraction of sp³-hybridized carbons (Fsp3) is 0.784. The number of non-ortho nitro benzene ring substituents is 1. The summed E-state index contributed by atoms with van der Waals surface area (Å²) >= 11 is 0. The van der Waals surface area contributed by atoms with Crippen LogP contribution >= 0.6 is 0 Å². The third-order valence-corrected chi connectivity index (χ3v) is 15.1. The summed E-state index contributed by atoms with van der Waals surface area (Å²) in [7, 11) is 0. The molecule has 0 amide bonds. The summed E-state index contributed by atoms with van der Waals surface area (Å²) in [6, 6.07) is 6.50. The average molecular weight is 607 g/mol.